The smallest absolute Gasteiger partial charge is 0.161 e. The zero-order chi connectivity index (χ0) is 19.8. The van der Waals surface area contributed by atoms with E-state index in [1.165, 1.54) is 18.4 Å². The van der Waals surface area contributed by atoms with Crippen LogP contribution in [-0.4, -0.2) is 92.0 Å². The summed E-state index contributed by atoms with van der Waals surface area (Å²) in [5.74, 6) is 3.71. The van der Waals surface area contributed by atoms with Gasteiger partial charge in [0.1, 0.15) is 12.7 Å². The van der Waals surface area contributed by atoms with E-state index in [0.29, 0.717) is 18.3 Å². The summed E-state index contributed by atoms with van der Waals surface area (Å²) < 4.78 is 11.4. The number of aliphatic hydroxyl groups is 1. The number of β-amino-alcohol motifs (C(OH)–C–C–N with tert-alkyl or cyclic N) is 1. The Hall–Kier alpha value is -0.990. The fourth-order valence-electron chi connectivity index (χ4n) is 3.74. The molecule has 3 rings (SSSR count). The van der Waals surface area contributed by atoms with Crippen molar-refractivity contribution < 1.29 is 14.6 Å². The van der Waals surface area contributed by atoms with Crippen LogP contribution in [0.4, 0.5) is 0 Å². The van der Waals surface area contributed by atoms with Gasteiger partial charge in [0, 0.05) is 43.7 Å². The third kappa shape index (κ3) is 6.81. The van der Waals surface area contributed by atoms with Crippen LogP contribution in [0.1, 0.15) is 18.4 Å². The first-order valence-corrected chi connectivity index (χ1v) is 11.5. The van der Waals surface area contributed by atoms with Gasteiger partial charge in [-0.2, -0.15) is 11.8 Å². The van der Waals surface area contributed by atoms with Crippen LogP contribution < -0.4 is 14.8 Å². The molecule has 0 aliphatic carbocycles. The van der Waals surface area contributed by atoms with Gasteiger partial charge in [-0.3, -0.25) is 4.90 Å². The van der Waals surface area contributed by atoms with Crippen molar-refractivity contribution in [2.45, 2.75) is 31.5 Å². The van der Waals surface area contributed by atoms with E-state index in [2.05, 4.69) is 28.2 Å². The zero-order valence-corrected chi connectivity index (χ0v) is 18.0. The Morgan fingerprint density at radius 3 is 2.64 bits per heavy atom. The number of piperidine rings is 1. The molecule has 1 unspecified atom stereocenters. The minimum Gasteiger partial charge on any atom is -0.493 e. The average molecular weight is 410 g/mol. The Kier molecular flexibility index (Phi) is 8.73. The van der Waals surface area contributed by atoms with Crippen molar-refractivity contribution in [2.75, 3.05) is 65.0 Å². The van der Waals surface area contributed by atoms with Gasteiger partial charge in [0.15, 0.2) is 11.5 Å². The van der Waals surface area contributed by atoms with E-state index in [9.17, 15) is 5.11 Å². The van der Waals surface area contributed by atoms with Crippen molar-refractivity contribution in [3.8, 4) is 11.5 Å². The lowest BCUT2D eigenvalue weighted by Crippen LogP contribution is -2.40. The molecule has 0 aromatic heterocycles. The summed E-state index contributed by atoms with van der Waals surface area (Å²) in [5.41, 5.74) is 1.19. The van der Waals surface area contributed by atoms with Crippen molar-refractivity contribution in [1.29, 1.82) is 0 Å². The number of aliphatic hydroxyl groups excluding tert-OH is 1. The first-order chi connectivity index (χ1) is 13.6. The first kappa shape index (κ1) is 21.7. The van der Waals surface area contributed by atoms with Crippen LogP contribution in [0, 0.1) is 0 Å². The topological polar surface area (TPSA) is 57.2 Å². The molecule has 158 valence electrons. The number of ether oxygens (including phenoxy) is 2. The van der Waals surface area contributed by atoms with Crippen LogP contribution in [0.2, 0.25) is 0 Å². The van der Waals surface area contributed by atoms with Crippen LogP contribution in [-0.2, 0) is 6.54 Å². The van der Waals surface area contributed by atoms with Crippen molar-refractivity contribution in [2.24, 2.45) is 0 Å². The van der Waals surface area contributed by atoms with Gasteiger partial charge in [-0.25, -0.2) is 0 Å². The van der Waals surface area contributed by atoms with E-state index in [1.807, 2.05) is 23.9 Å². The second-order valence-electron chi connectivity index (χ2n) is 7.82. The van der Waals surface area contributed by atoms with Gasteiger partial charge in [0.05, 0.1) is 7.11 Å². The lowest BCUT2D eigenvalue weighted by Gasteiger charge is -2.29. The number of benzene rings is 1. The number of rotatable bonds is 9. The summed E-state index contributed by atoms with van der Waals surface area (Å²) in [6.45, 7) is 6.20. The summed E-state index contributed by atoms with van der Waals surface area (Å²) in [4.78, 5) is 4.69. The van der Waals surface area contributed by atoms with E-state index in [1.54, 1.807) is 7.11 Å². The van der Waals surface area contributed by atoms with E-state index in [-0.39, 0.29) is 6.61 Å². The summed E-state index contributed by atoms with van der Waals surface area (Å²) in [5, 5.41) is 14.0. The number of methoxy groups -OCH3 is 1. The lowest BCUT2D eigenvalue weighted by molar-refractivity contribution is 0.0705. The predicted octanol–water partition coefficient (Wildman–Crippen LogP) is 1.67. The highest BCUT2D eigenvalue weighted by molar-refractivity contribution is 7.99. The number of likely N-dealkylation sites (tertiary alicyclic amines) is 1. The third-order valence-corrected chi connectivity index (χ3v) is 6.49. The molecule has 0 spiro atoms. The Morgan fingerprint density at radius 1 is 1.18 bits per heavy atom. The molecular formula is C21H35N3O3S. The molecule has 1 aromatic rings. The van der Waals surface area contributed by atoms with Crippen LogP contribution >= 0.6 is 11.8 Å². The summed E-state index contributed by atoms with van der Waals surface area (Å²) in [7, 11) is 3.85. The highest BCUT2D eigenvalue weighted by Crippen LogP contribution is 2.28. The number of nitrogens with one attached hydrogen (secondary N) is 1. The first-order valence-electron chi connectivity index (χ1n) is 10.3. The normalized spacial score (nSPS) is 20.8. The molecule has 2 N–H and O–H groups in total. The summed E-state index contributed by atoms with van der Waals surface area (Å²) in [6.07, 6.45) is 1.91. The zero-order valence-electron chi connectivity index (χ0n) is 17.2. The molecule has 0 radical (unpaired) electrons. The third-order valence-electron chi connectivity index (χ3n) is 5.55. The predicted molar refractivity (Wildman–Crippen MR) is 116 cm³/mol. The fourth-order valence-corrected chi connectivity index (χ4v) is 4.72. The Balaban J connectivity index is 1.45. The van der Waals surface area contributed by atoms with Gasteiger partial charge in [0.2, 0.25) is 0 Å². The van der Waals surface area contributed by atoms with Crippen molar-refractivity contribution in [1.82, 2.24) is 15.1 Å². The van der Waals surface area contributed by atoms with Crippen LogP contribution in [0.15, 0.2) is 18.2 Å². The minimum absolute atomic E-state index is 0.285. The molecule has 2 fully saturated rings. The highest BCUT2D eigenvalue weighted by atomic mass is 32.2. The maximum atomic E-state index is 10.3. The number of nitrogens with zero attached hydrogens (tertiary/aromatic N) is 2. The van der Waals surface area contributed by atoms with Crippen molar-refractivity contribution in [3.05, 3.63) is 23.8 Å². The maximum Gasteiger partial charge on any atom is 0.161 e. The van der Waals surface area contributed by atoms with E-state index >= 15 is 0 Å². The molecule has 28 heavy (non-hydrogen) atoms. The molecule has 0 bridgehead atoms. The largest absolute Gasteiger partial charge is 0.493 e. The molecule has 0 saturated carbocycles. The standard InChI is InChI=1S/C21H35N3O3S/c1-23-7-5-18(6-8-23)22-14-17-3-4-20(21(13-17)26-2)27-16-19(25)15-24-9-11-28-12-10-24/h3-4,13,18-19,22,25H,5-12,14-16H2,1-2H3. The van der Waals surface area contributed by atoms with Gasteiger partial charge >= 0.3 is 0 Å². The summed E-state index contributed by atoms with van der Waals surface area (Å²) in [6, 6.07) is 6.65. The molecule has 6 nitrogen and oxygen atoms in total. The van der Waals surface area contributed by atoms with Gasteiger partial charge in [-0.1, -0.05) is 6.07 Å². The van der Waals surface area contributed by atoms with Crippen LogP contribution in [0.5, 0.6) is 11.5 Å². The Labute approximate surface area is 173 Å². The fraction of sp³-hybridized carbons (Fsp3) is 0.714. The van der Waals surface area contributed by atoms with Gasteiger partial charge in [-0.15, -0.1) is 0 Å². The second-order valence-corrected chi connectivity index (χ2v) is 9.05. The van der Waals surface area contributed by atoms with Crippen LogP contribution in [0.3, 0.4) is 0 Å². The van der Waals surface area contributed by atoms with E-state index in [4.69, 9.17) is 9.47 Å². The van der Waals surface area contributed by atoms with Gasteiger partial charge < -0.3 is 24.8 Å². The Morgan fingerprint density at radius 2 is 1.93 bits per heavy atom. The summed E-state index contributed by atoms with van der Waals surface area (Å²) >= 11 is 1.98. The van der Waals surface area contributed by atoms with Crippen molar-refractivity contribution >= 4 is 11.8 Å². The van der Waals surface area contributed by atoms with E-state index < -0.39 is 6.10 Å². The molecule has 1 atom stereocenters. The molecule has 2 aliphatic rings. The molecule has 2 aliphatic heterocycles. The minimum atomic E-state index is -0.487. The monoisotopic (exact) mass is 409 g/mol. The Bertz CT molecular complexity index is 590. The molecule has 7 heteroatoms. The molecular weight excluding hydrogens is 374 g/mol. The average Bonchev–Trinajstić information content (AvgIpc) is 2.73. The molecule has 2 saturated heterocycles. The van der Waals surface area contributed by atoms with Crippen molar-refractivity contribution in [3.63, 3.8) is 0 Å². The van der Waals surface area contributed by atoms with Gasteiger partial charge in [0.25, 0.3) is 0 Å². The van der Waals surface area contributed by atoms with Crippen LogP contribution in [0.25, 0.3) is 0 Å². The van der Waals surface area contributed by atoms with E-state index in [0.717, 1.165) is 50.0 Å². The quantitative estimate of drug-likeness (QED) is 0.643. The second kappa shape index (κ2) is 11.3. The number of hydrogen-bond donors (Lipinski definition) is 2. The molecule has 2 heterocycles. The number of thioether (sulfide) groups is 1. The molecule has 0 amide bonds. The number of hydrogen-bond acceptors (Lipinski definition) is 7. The SMILES string of the molecule is COc1cc(CNC2CCN(C)CC2)ccc1OCC(O)CN1CCSCC1. The van der Waals surface area contributed by atoms with Gasteiger partial charge in [-0.05, 0) is 50.7 Å². The molecule has 1 aromatic carbocycles. The highest BCUT2D eigenvalue weighted by Gasteiger charge is 2.17. The maximum absolute atomic E-state index is 10.3. The lowest BCUT2D eigenvalue weighted by atomic mass is 10.1.